The molecule has 4 atom stereocenters. The SMILES string of the molecule is CSCCC(N)C(=O)NC(CC(=O)O)C(=O)NC(CC(N)=O)C(=O)NC(CCC(N)=O)C(=O)O. The standard InChI is InChI=1S/C18H30N6O9S/c1-34-5-4-8(19)15(29)23-11(7-14(27)28)17(31)24-10(6-13(21)26)16(30)22-9(18(32)33)2-3-12(20)25/h8-11H,2-7,19H2,1H3,(H2,20,25)(H2,21,26)(H,22,30)(H,23,29)(H,24,31)(H,27,28)(H,32,33). The smallest absolute Gasteiger partial charge is 0.326 e. The molecule has 15 nitrogen and oxygen atoms in total. The number of aliphatic carboxylic acids is 2. The minimum absolute atomic E-state index is 0.253. The number of hydrogen-bond acceptors (Lipinski definition) is 9. The quantitative estimate of drug-likeness (QED) is 0.0947. The maximum absolute atomic E-state index is 12.6. The Balaban J connectivity index is 5.50. The number of amides is 5. The van der Waals surface area contributed by atoms with Crippen molar-refractivity contribution >= 4 is 53.2 Å². The number of carboxylic acids is 2. The van der Waals surface area contributed by atoms with Gasteiger partial charge in [-0.3, -0.25) is 28.8 Å². The van der Waals surface area contributed by atoms with E-state index in [-0.39, 0.29) is 19.3 Å². The molecule has 0 rings (SSSR count). The number of nitrogens with one attached hydrogen (secondary N) is 3. The van der Waals surface area contributed by atoms with Crippen molar-refractivity contribution in [3.05, 3.63) is 0 Å². The maximum atomic E-state index is 12.6. The number of hydrogen-bond donors (Lipinski definition) is 8. The lowest BCUT2D eigenvalue weighted by atomic mass is 10.1. The summed E-state index contributed by atoms with van der Waals surface area (Å²) < 4.78 is 0. The number of thioether (sulfide) groups is 1. The van der Waals surface area contributed by atoms with E-state index in [9.17, 15) is 38.7 Å². The number of carbonyl (C=O) groups is 7. The molecule has 0 radical (unpaired) electrons. The Morgan fingerprint density at radius 2 is 1.26 bits per heavy atom. The monoisotopic (exact) mass is 506 g/mol. The van der Waals surface area contributed by atoms with Gasteiger partial charge in [-0.15, -0.1) is 0 Å². The Morgan fingerprint density at radius 1 is 0.765 bits per heavy atom. The minimum Gasteiger partial charge on any atom is -0.481 e. The first-order valence-electron chi connectivity index (χ1n) is 9.95. The van der Waals surface area contributed by atoms with E-state index in [1.165, 1.54) is 11.8 Å². The van der Waals surface area contributed by atoms with Crippen LogP contribution in [0.5, 0.6) is 0 Å². The lowest BCUT2D eigenvalue weighted by Crippen LogP contribution is -2.58. The summed E-state index contributed by atoms with van der Waals surface area (Å²) in [6.07, 6.45) is -0.317. The number of primary amides is 2. The fraction of sp³-hybridized carbons (Fsp3) is 0.611. The van der Waals surface area contributed by atoms with Gasteiger partial charge in [0.2, 0.25) is 29.5 Å². The summed E-state index contributed by atoms with van der Waals surface area (Å²) >= 11 is 1.42. The number of nitrogens with two attached hydrogens (primary N) is 3. The van der Waals surface area contributed by atoms with Crippen molar-refractivity contribution in [3.8, 4) is 0 Å². The molecule has 16 heteroatoms. The largest absolute Gasteiger partial charge is 0.481 e. The van der Waals surface area contributed by atoms with E-state index in [1.807, 2.05) is 5.32 Å². The molecular weight excluding hydrogens is 476 g/mol. The first kappa shape index (κ1) is 30.6. The van der Waals surface area contributed by atoms with E-state index in [0.717, 1.165) is 0 Å². The fourth-order valence-corrected chi connectivity index (χ4v) is 3.03. The third kappa shape index (κ3) is 12.6. The van der Waals surface area contributed by atoms with E-state index in [2.05, 4.69) is 10.6 Å². The van der Waals surface area contributed by atoms with Crippen LogP contribution in [0.25, 0.3) is 0 Å². The topological polar surface area (TPSA) is 274 Å². The van der Waals surface area contributed by atoms with Crippen LogP contribution < -0.4 is 33.2 Å². The van der Waals surface area contributed by atoms with Crippen LogP contribution in [-0.4, -0.2) is 87.9 Å². The summed E-state index contributed by atoms with van der Waals surface area (Å²) in [4.78, 5) is 82.2. The van der Waals surface area contributed by atoms with E-state index >= 15 is 0 Å². The zero-order chi connectivity index (χ0) is 26.4. The van der Waals surface area contributed by atoms with E-state index in [1.54, 1.807) is 6.26 Å². The second kappa shape index (κ2) is 15.4. The molecule has 0 saturated carbocycles. The second-order valence-corrected chi connectivity index (χ2v) is 8.17. The van der Waals surface area contributed by atoms with Gasteiger partial charge in [0.15, 0.2) is 0 Å². The molecular formula is C18H30N6O9S. The van der Waals surface area contributed by atoms with E-state index < -0.39 is 78.5 Å². The lowest BCUT2D eigenvalue weighted by Gasteiger charge is -2.24. The Labute approximate surface area is 198 Å². The third-order valence-corrected chi connectivity index (χ3v) is 4.96. The highest BCUT2D eigenvalue weighted by atomic mass is 32.2. The average molecular weight is 507 g/mol. The molecule has 0 spiro atoms. The van der Waals surface area contributed by atoms with Gasteiger partial charge in [-0.05, 0) is 24.9 Å². The normalized spacial score (nSPS) is 14.1. The van der Waals surface area contributed by atoms with Crippen molar-refractivity contribution in [2.45, 2.75) is 56.3 Å². The molecule has 34 heavy (non-hydrogen) atoms. The molecule has 4 unspecified atom stereocenters. The molecule has 0 aromatic heterocycles. The molecule has 0 aromatic rings. The van der Waals surface area contributed by atoms with Gasteiger partial charge in [0, 0.05) is 6.42 Å². The van der Waals surface area contributed by atoms with Crippen LogP contribution in [0, 0.1) is 0 Å². The summed E-state index contributed by atoms with van der Waals surface area (Å²) in [6.45, 7) is 0. The van der Waals surface area contributed by atoms with E-state index in [0.29, 0.717) is 5.75 Å². The summed E-state index contributed by atoms with van der Waals surface area (Å²) in [6, 6.07) is -5.95. The van der Waals surface area contributed by atoms with Crippen molar-refractivity contribution in [2.75, 3.05) is 12.0 Å². The first-order valence-corrected chi connectivity index (χ1v) is 11.3. The van der Waals surface area contributed by atoms with Gasteiger partial charge < -0.3 is 43.4 Å². The van der Waals surface area contributed by atoms with Crippen molar-refractivity contribution < 1.29 is 43.8 Å². The fourth-order valence-electron chi connectivity index (χ4n) is 2.54. The van der Waals surface area contributed by atoms with Crippen LogP contribution in [0.3, 0.4) is 0 Å². The number of carbonyl (C=O) groups excluding carboxylic acids is 5. The number of carboxylic acid groups (broad SMARTS) is 2. The predicted octanol–water partition coefficient (Wildman–Crippen LogP) is -3.78. The van der Waals surface area contributed by atoms with Gasteiger partial charge >= 0.3 is 11.9 Å². The third-order valence-electron chi connectivity index (χ3n) is 4.31. The van der Waals surface area contributed by atoms with Crippen LogP contribution in [0.2, 0.25) is 0 Å². The van der Waals surface area contributed by atoms with Crippen LogP contribution in [0.1, 0.15) is 32.1 Å². The average Bonchev–Trinajstić information content (AvgIpc) is 2.72. The molecule has 0 aromatic carbocycles. The maximum Gasteiger partial charge on any atom is 0.326 e. The molecule has 192 valence electrons. The predicted molar refractivity (Wildman–Crippen MR) is 119 cm³/mol. The summed E-state index contributed by atoms with van der Waals surface area (Å²) in [5.74, 6) is -7.36. The molecule has 0 bridgehead atoms. The Hall–Kier alpha value is -3.40. The van der Waals surface area contributed by atoms with Gasteiger partial charge in [0.25, 0.3) is 0 Å². The summed E-state index contributed by atoms with van der Waals surface area (Å²) in [5.41, 5.74) is 15.8. The number of rotatable bonds is 17. The summed E-state index contributed by atoms with van der Waals surface area (Å²) in [7, 11) is 0. The lowest BCUT2D eigenvalue weighted by molar-refractivity contribution is -0.143. The Morgan fingerprint density at radius 3 is 1.71 bits per heavy atom. The molecule has 5 amide bonds. The van der Waals surface area contributed by atoms with Crippen LogP contribution in [0.15, 0.2) is 0 Å². The minimum atomic E-state index is -1.70. The molecule has 0 fully saturated rings. The summed E-state index contributed by atoms with van der Waals surface area (Å²) in [5, 5.41) is 24.6. The first-order chi connectivity index (χ1) is 15.8. The van der Waals surface area contributed by atoms with Crippen LogP contribution in [0.4, 0.5) is 0 Å². The zero-order valence-electron chi connectivity index (χ0n) is 18.4. The molecule has 0 heterocycles. The van der Waals surface area contributed by atoms with Gasteiger partial charge in [0.05, 0.1) is 18.9 Å². The molecule has 0 aliphatic heterocycles. The van der Waals surface area contributed by atoms with E-state index in [4.69, 9.17) is 22.3 Å². The van der Waals surface area contributed by atoms with Crippen molar-refractivity contribution in [2.24, 2.45) is 17.2 Å². The van der Waals surface area contributed by atoms with Gasteiger partial charge in [-0.25, -0.2) is 4.79 Å². The molecule has 11 N–H and O–H groups in total. The van der Waals surface area contributed by atoms with Gasteiger partial charge in [-0.2, -0.15) is 11.8 Å². The van der Waals surface area contributed by atoms with Crippen molar-refractivity contribution in [1.82, 2.24) is 16.0 Å². The highest BCUT2D eigenvalue weighted by Gasteiger charge is 2.32. The zero-order valence-corrected chi connectivity index (χ0v) is 19.3. The van der Waals surface area contributed by atoms with Crippen molar-refractivity contribution in [1.29, 1.82) is 0 Å². The Bertz CT molecular complexity index is 794. The Kier molecular flexibility index (Phi) is 13.9. The molecule has 0 aliphatic carbocycles. The molecule has 0 aliphatic rings. The highest BCUT2D eigenvalue weighted by molar-refractivity contribution is 7.98. The van der Waals surface area contributed by atoms with Crippen LogP contribution >= 0.6 is 11.8 Å². The van der Waals surface area contributed by atoms with Gasteiger partial charge in [0.1, 0.15) is 18.1 Å². The molecule has 0 saturated heterocycles. The van der Waals surface area contributed by atoms with Gasteiger partial charge in [-0.1, -0.05) is 0 Å². The van der Waals surface area contributed by atoms with Crippen molar-refractivity contribution in [3.63, 3.8) is 0 Å². The highest BCUT2D eigenvalue weighted by Crippen LogP contribution is 2.04. The van der Waals surface area contributed by atoms with Crippen LogP contribution in [-0.2, 0) is 33.6 Å². The second-order valence-electron chi connectivity index (χ2n) is 7.18.